The number of benzene rings is 1. The lowest BCUT2D eigenvalue weighted by Crippen LogP contribution is -2.07. The van der Waals surface area contributed by atoms with Crippen molar-refractivity contribution in [3.05, 3.63) is 53.7 Å². The maximum atomic E-state index is 5.82. The zero-order valence-electron chi connectivity index (χ0n) is 9.64. The summed E-state index contributed by atoms with van der Waals surface area (Å²) in [7, 11) is 0. The Kier molecular flexibility index (Phi) is 3.02. The number of hydrogen-bond donors (Lipinski definition) is 1. The molecule has 0 aliphatic rings. The van der Waals surface area contributed by atoms with Crippen LogP contribution in [0.3, 0.4) is 0 Å². The highest BCUT2D eigenvalue weighted by atomic mass is 14.8. The zero-order valence-corrected chi connectivity index (χ0v) is 9.64. The smallest absolute Gasteiger partial charge is 0.0706 e. The van der Waals surface area contributed by atoms with E-state index in [1.807, 2.05) is 25.1 Å². The van der Waals surface area contributed by atoms with Crippen molar-refractivity contribution in [2.24, 2.45) is 5.73 Å². The first kappa shape index (κ1) is 10.8. The molecular weight excluding hydrogens is 196 g/mol. The van der Waals surface area contributed by atoms with Gasteiger partial charge in [0.05, 0.1) is 11.4 Å². The van der Waals surface area contributed by atoms with Crippen molar-refractivity contribution in [3.63, 3.8) is 0 Å². The molecule has 82 valence electrons. The standard InChI is InChI=1S/C14H16N2/c1-10-6-8-12(9-7-10)14-5-3-4-13(16-14)11(2)15/h3-9,11H,15H2,1-2H3/t11-/m1/s1. The summed E-state index contributed by atoms with van der Waals surface area (Å²) in [5.74, 6) is 0. The summed E-state index contributed by atoms with van der Waals surface area (Å²) in [4.78, 5) is 4.55. The van der Waals surface area contributed by atoms with Gasteiger partial charge in [-0.1, -0.05) is 35.9 Å². The Labute approximate surface area is 96.1 Å². The number of nitrogens with zero attached hydrogens (tertiary/aromatic N) is 1. The van der Waals surface area contributed by atoms with Crippen LogP contribution in [-0.2, 0) is 0 Å². The van der Waals surface area contributed by atoms with Crippen LogP contribution in [0.4, 0.5) is 0 Å². The van der Waals surface area contributed by atoms with Gasteiger partial charge in [0.2, 0.25) is 0 Å². The molecule has 2 N–H and O–H groups in total. The van der Waals surface area contributed by atoms with Crippen LogP contribution in [0.5, 0.6) is 0 Å². The molecule has 0 bridgehead atoms. The van der Waals surface area contributed by atoms with Crippen molar-refractivity contribution in [2.45, 2.75) is 19.9 Å². The van der Waals surface area contributed by atoms with Crippen LogP contribution in [0.2, 0.25) is 0 Å². The first-order chi connectivity index (χ1) is 7.66. The number of rotatable bonds is 2. The topological polar surface area (TPSA) is 38.9 Å². The number of nitrogens with two attached hydrogens (primary N) is 1. The van der Waals surface area contributed by atoms with Gasteiger partial charge in [0.15, 0.2) is 0 Å². The van der Waals surface area contributed by atoms with Crippen LogP contribution >= 0.6 is 0 Å². The lowest BCUT2D eigenvalue weighted by atomic mass is 10.1. The van der Waals surface area contributed by atoms with E-state index in [4.69, 9.17) is 5.73 Å². The van der Waals surface area contributed by atoms with Crippen LogP contribution < -0.4 is 5.73 Å². The second-order valence-corrected chi connectivity index (χ2v) is 4.10. The highest BCUT2D eigenvalue weighted by molar-refractivity contribution is 5.59. The quantitative estimate of drug-likeness (QED) is 0.830. The summed E-state index contributed by atoms with van der Waals surface area (Å²) in [5, 5.41) is 0. The molecule has 1 aromatic heterocycles. The Morgan fingerprint density at radius 2 is 1.75 bits per heavy atom. The number of aryl methyl sites for hydroxylation is 1. The lowest BCUT2D eigenvalue weighted by Gasteiger charge is -2.07. The van der Waals surface area contributed by atoms with E-state index in [1.54, 1.807) is 0 Å². The van der Waals surface area contributed by atoms with E-state index in [-0.39, 0.29) is 6.04 Å². The van der Waals surface area contributed by atoms with Crippen molar-refractivity contribution in [3.8, 4) is 11.3 Å². The van der Waals surface area contributed by atoms with Gasteiger partial charge in [0.1, 0.15) is 0 Å². The van der Waals surface area contributed by atoms with E-state index in [0.29, 0.717) is 0 Å². The number of hydrogen-bond acceptors (Lipinski definition) is 2. The molecule has 16 heavy (non-hydrogen) atoms. The Morgan fingerprint density at radius 1 is 1.06 bits per heavy atom. The van der Waals surface area contributed by atoms with Gasteiger partial charge in [-0.2, -0.15) is 0 Å². The molecule has 2 nitrogen and oxygen atoms in total. The van der Waals surface area contributed by atoms with Gasteiger partial charge in [-0.15, -0.1) is 0 Å². The second-order valence-electron chi connectivity index (χ2n) is 4.10. The van der Waals surface area contributed by atoms with E-state index in [0.717, 1.165) is 17.0 Å². The molecule has 0 amide bonds. The van der Waals surface area contributed by atoms with Gasteiger partial charge < -0.3 is 5.73 Å². The van der Waals surface area contributed by atoms with Crippen molar-refractivity contribution in [1.29, 1.82) is 0 Å². The first-order valence-corrected chi connectivity index (χ1v) is 5.46. The first-order valence-electron chi connectivity index (χ1n) is 5.46. The molecule has 2 heteroatoms. The molecule has 0 radical (unpaired) electrons. The minimum atomic E-state index is -0.0228. The van der Waals surface area contributed by atoms with Crippen LogP contribution in [0.1, 0.15) is 24.2 Å². The molecule has 1 heterocycles. The Balaban J connectivity index is 2.40. The van der Waals surface area contributed by atoms with Crippen molar-refractivity contribution in [1.82, 2.24) is 4.98 Å². The van der Waals surface area contributed by atoms with Gasteiger partial charge in [-0.25, -0.2) is 0 Å². The summed E-state index contributed by atoms with van der Waals surface area (Å²) in [6.07, 6.45) is 0. The molecule has 0 aliphatic heterocycles. The fourth-order valence-electron chi connectivity index (χ4n) is 1.59. The van der Waals surface area contributed by atoms with Gasteiger partial charge in [0, 0.05) is 11.6 Å². The zero-order chi connectivity index (χ0) is 11.5. The summed E-state index contributed by atoms with van der Waals surface area (Å²) in [6.45, 7) is 4.02. The maximum absolute atomic E-state index is 5.82. The highest BCUT2D eigenvalue weighted by Crippen LogP contribution is 2.19. The molecule has 0 aliphatic carbocycles. The fraction of sp³-hybridized carbons (Fsp3) is 0.214. The molecule has 2 rings (SSSR count). The SMILES string of the molecule is Cc1ccc(-c2cccc([C@@H](C)N)n2)cc1. The molecule has 0 saturated heterocycles. The second kappa shape index (κ2) is 4.45. The third kappa shape index (κ3) is 2.28. The minimum absolute atomic E-state index is 0.0228. The van der Waals surface area contributed by atoms with E-state index in [2.05, 4.69) is 36.2 Å². The van der Waals surface area contributed by atoms with Gasteiger partial charge >= 0.3 is 0 Å². The number of aromatic nitrogens is 1. The molecule has 0 saturated carbocycles. The monoisotopic (exact) mass is 212 g/mol. The Bertz CT molecular complexity index is 472. The number of pyridine rings is 1. The molecule has 1 aromatic carbocycles. The molecular formula is C14H16N2. The minimum Gasteiger partial charge on any atom is -0.323 e. The average molecular weight is 212 g/mol. The van der Waals surface area contributed by atoms with E-state index < -0.39 is 0 Å². The third-order valence-corrected chi connectivity index (χ3v) is 2.58. The van der Waals surface area contributed by atoms with Gasteiger partial charge in [0.25, 0.3) is 0 Å². The van der Waals surface area contributed by atoms with E-state index in [9.17, 15) is 0 Å². The largest absolute Gasteiger partial charge is 0.323 e. The van der Waals surface area contributed by atoms with Crippen molar-refractivity contribution in [2.75, 3.05) is 0 Å². The molecule has 0 spiro atoms. The summed E-state index contributed by atoms with van der Waals surface area (Å²) < 4.78 is 0. The molecule has 0 unspecified atom stereocenters. The van der Waals surface area contributed by atoms with Crippen LogP contribution in [-0.4, -0.2) is 4.98 Å². The Morgan fingerprint density at radius 3 is 2.38 bits per heavy atom. The summed E-state index contributed by atoms with van der Waals surface area (Å²) in [5.41, 5.74) is 10.1. The predicted octanol–water partition coefficient (Wildman–Crippen LogP) is 3.08. The molecule has 2 aromatic rings. The lowest BCUT2D eigenvalue weighted by molar-refractivity contribution is 0.782. The normalized spacial score (nSPS) is 12.4. The van der Waals surface area contributed by atoms with E-state index >= 15 is 0 Å². The molecule has 1 atom stereocenters. The van der Waals surface area contributed by atoms with Gasteiger partial charge in [-0.3, -0.25) is 4.98 Å². The Hall–Kier alpha value is -1.67. The summed E-state index contributed by atoms with van der Waals surface area (Å²) >= 11 is 0. The van der Waals surface area contributed by atoms with Crippen molar-refractivity contribution >= 4 is 0 Å². The van der Waals surface area contributed by atoms with E-state index in [1.165, 1.54) is 5.56 Å². The summed E-state index contributed by atoms with van der Waals surface area (Å²) in [6, 6.07) is 14.3. The maximum Gasteiger partial charge on any atom is 0.0706 e. The average Bonchev–Trinajstić information content (AvgIpc) is 2.30. The van der Waals surface area contributed by atoms with Gasteiger partial charge in [-0.05, 0) is 26.0 Å². The molecule has 0 fully saturated rings. The predicted molar refractivity (Wildman–Crippen MR) is 67.0 cm³/mol. The van der Waals surface area contributed by atoms with Crippen LogP contribution in [0, 0.1) is 6.92 Å². The fourth-order valence-corrected chi connectivity index (χ4v) is 1.59. The third-order valence-electron chi connectivity index (χ3n) is 2.58. The van der Waals surface area contributed by atoms with Crippen LogP contribution in [0.25, 0.3) is 11.3 Å². The van der Waals surface area contributed by atoms with Crippen molar-refractivity contribution < 1.29 is 0 Å². The highest BCUT2D eigenvalue weighted by Gasteiger charge is 2.03. The van der Waals surface area contributed by atoms with Crippen LogP contribution in [0.15, 0.2) is 42.5 Å².